The topological polar surface area (TPSA) is 139 Å². The lowest BCUT2D eigenvalue weighted by atomic mass is 9.82. The van der Waals surface area contributed by atoms with Gasteiger partial charge in [0.1, 0.15) is 17.4 Å². The normalized spacial score (nSPS) is 20.1. The van der Waals surface area contributed by atoms with E-state index in [4.69, 9.17) is 4.74 Å². The summed E-state index contributed by atoms with van der Waals surface area (Å²) in [7, 11) is 3.62. The number of aromatic nitrogens is 3. The fourth-order valence-corrected chi connectivity index (χ4v) is 6.58. The van der Waals surface area contributed by atoms with Crippen LogP contribution in [0.5, 0.6) is 5.75 Å². The molecule has 2 aromatic carbocycles. The minimum Gasteiger partial charge on any atom is -0.483 e. The highest BCUT2D eigenvalue weighted by Crippen LogP contribution is 2.47. The lowest BCUT2D eigenvalue weighted by molar-refractivity contribution is -0.134. The van der Waals surface area contributed by atoms with E-state index in [0.29, 0.717) is 34.7 Å². The molecule has 13 heteroatoms. The molecule has 0 saturated carbocycles. The Morgan fingerprint density at radius 2 is 1.73 bits per heavy atom. The van der Waals surface area contributed by atoms with E-state index in [1.165, 1.54) is 21.2 Å². The average Bonchev–Trinajstić information content (AvgIpc) is 3.25. The quantitative estimate of drug-likeness (QED) is 0.340. The van der Waals surface area contributed by atoms with Gasteiger partial charge in [-0.05, 0) is 76.3 Å². The molecule has 1 saturated heterocycles. The van der Waals surface area contributed by atoms with E-state index in [1.807, 2.05) is 40.1 Å². The minimum absolute atomic E-state index is 0.0832. The molecule has 2 unspecified atom stereocenters. The van der Waals surface area contributed by atoms with Crippen molar-refractivity contribution < 1.29 is 24.2 Å². The molecule has 0 spiro atoms. The maximum Gasteiger partial charge on any atom is 0.407 e. The molecule has 45 heavy (non-hydrogen) atoms. The second-order valence-electron chi connectivity index (χ2n) is 12.5. The van der Waals surface area contributed by atoms with Crippen molar-refractivity contribution >= 4 is 17.8 Å². The third kappa shape index (κ3) is 5.06. The molecule has 13 nitrogen and oxygen atoms in total. The molecular formula is C32H36N6O7. The maximum atomic E-state index is 14.0. The van der Waals surface area contributed by atoms with Gasteiger partial charge in [0, 0.05) is 30.8 Å². The number of nitrogens with zero attached hydrogens (tertiary/aromatic N) is 6. The summed E-state index contributed by atoms with van der Waals surface area (Å²) in [6, 6.07) is 10.5. The molecule has 1 fully saturated rings. The van der Waals surface area contributed by atoms with Crippen LogP contribution in [0.25, 0.3) is 5.69 Å². The summed E-state index contributed by atoms with van der Waals surface area (Å²) in [6.45, 7) is 6.29. The fraction of sp³-hybridized carbons (Fsp3) is 0.406. The number of amides is 2. The predicted octanol–water partition coefficient (Wildman–Crippen LogP) is 2.13. The Balaban J connectivity index is 1.43. The number of carbonyl (C=O) groups excluding carboxylic acids is 2. The monoisotopic (exact) mass is 616 g/mol. The van der Waals surface area contributed by atoms with Crippen LogP contribution in [0.3, 0.4) is 0 Å². The van der Waals surface area contributed by atoms with Crippen molar-refractivity contribution in [3.63, 3.8) is 0 Å². The fourth-order valence-electron chi connectivity index (χ4n) is 6.58. The standard InChI is InChI=1S/C32H36N6O7/c1-19(39)20-6-9-22(10-7-20)37-29(41)36-13-12-24-28(38(36)30(37)42)23-11-8-21(16-26(23)45-32(24,2)3)25-17-34(27(40)18-33(4)5)14-15-35(25)31(43)44/h6-12,16,25,28H,13-15,17-18H2,1-5H3,(H,43,44). The molecule has 1 aromatic heterocycles. The highest BCUT2D eigenvalue weighted by Gasteiger charge is 2.44. The molecule has 2 amide bonds. The first-order chi connectivity index (χ1) is 21.3. The first-order valence-corrected chi connectivity index (χ1v) is 14.8. The SMILES string of the molecule is CC(=O)c1ccc(-n2c(=O)n3n(c2=O)C2C(=CC3)C(C)(C)Oc3cc(C4CN(C(=O)CN(C)C)CCN4C(=O)O)ccc32)cc1. The van der Waals surface area contributed by atoms with E-state index in [2.05, 4.69) is 0 Å². The van der Waals surface area contributed by atoms with Gasteiger partial charge in [0.15, 0.2) is 5.78 Å². The third-order valence-electron chi connectivity index (χ3n) is 8.82. The largest absolute Gasteiger partial charge is 0.483 e. The van der Waals surface area contributed by atoms with Gasteiger partial charge in [0.2, 0.25) is 5.91 Å². The predicted molar refractivity (Wildman–Crippen MR) is 164 cm³/mol. The van der Waals surface area contributed by atoms with Gasteiger partial charge in [-0.25, -0.2) is 28.3 Å². The minimum atomic E-state index is -1.08. The summed E-state index contributed by atoms with van der Waals surface area (Å²) in [5, 5.41) is 10.0. The number of fused-ring (bicyclic) bond motifs is 5. The number of allylic oxidation sites excluding steroid dienone is 1. The van der Waals surface area contributed by atoms with E-state index >= 15 is 0 Å². The molecule has 3 aromatic rings. The lowest BCUT2D eigenvalue weighted by Gasteiger charge is -2.44. The van der Waals surface area contributed by atoms with Gasteiger partial charge in [-0.15, -0.1) is 0 Å². The number of Topliss-reactive ketones (excluding diaryl/α,β-unsaturated/α-hetero) is 1. The Hall–Kier alpha value is -4.91. The molecule has 1 N–H and O–H groups in total. The Morgan fingerprint density at radius 1 is 1.02 bits per heavy atom. The smallest absolute Gasteiger partial charge is 0.407 e. The van der Waals surface area contributed by atoms with Gasteiger partial charge in [-0.2, -0.15) is 0 Å². The lowest BCUT2D eigenvalue weighted by Crippen LogP contribution is -2.53. The van der Waals surface area contributed by atoms with Crippen molar-refractivity contribution in [1.82, 2.24) is 28.6 Å². The van der Waals surface area contributed by atoms with Gasteiger partial charge in [-0.1, -0.05) is 18.2 Å². The molecular weight excluding hydrogens is 580 g/mol. The number of piperazine rings is 1. The van der Waals surface area contributed by atoms with E-state index < -0.39 is 35.2 Å². The number of benzene rings is 2. The number of hydrogen-bond acceptors (Lipinski definition) is 7. The van der Waals surface area contributed by atoms with E-state index in [1.54, 1.807) is 46.2 Å². The van der Waals surface area contributed by atoms with Crippen LogP contribution < -0.4 is 16.1 Å². The van der Waals surface area contributed by atoms with Crippen LogP contribution in [0.15, 0.2) is 63.7 Å². The zero-order valence-electron chi connectivity index (χ0n) is 25.9. The van der Waals surface area contributed by atoms with Crippen LogP contribution in [0, 0.1) is 0 Å². The van der Waals surface area contributed by atoms with Crippen LogP contribution in [0.1, 0.15) is 54.3 Å². The van der Waals surface area contributed by atoms with E-state index in [0.717, 1.165) is 10.1 Å². The van der Waals surface area contributed by atoms with E-state index in [-0.39, 0.29) is 37.9 Å². The molecule has 4 heterocycles. The number of hydrogen-bond donors (Lipinski definition) is 1. The summed E-state index contributed by atoms with van der Waals surface area (Å²) >= 11 is 0. The maximum absolute atomic E-state index is 14.0. The number of rotatable bonds is 5. The van der Waals surface area contributed by atoms with Gasteiger partial charge >= 0.3 is 17.5 Å². The number of ether oxygens (including phenoxy) is 1. The van der Waals surface area contributed by atoms with Crippen LogP contribution in [-0.2, 0) is 11.3 Å². The van der Waals surface area contributed by atoms with Crippen molar-refractivity contribution in [3.8, 4) is 11.4 Å². The highest BCUT2D eigenvalue weighted by atomic mass is 16.5. The van der Waals surface area contributed by atoms with Gasteiger partial charge < -0.3 is 19.6 Å². The van der Waals surface area contributed by atoms with Crippen LogP contribution in [0.4, 0.5) is 4.79 Å². The number of likely N-dealkylation sites (N-methyl/N-ethyl adjacent to an activating group) is 1. The second-order valence-corrected chi connectivity index (χ2v) is 12.5. The summed E-state index contributed by atoms with van der Waals surface area (Å²) in [5.74, 6) is 0.261. The Bertz CT molecular complexity index is 1860. The summed E-state index contributed by atoms with van der Waals surface area (Å²) in [6.07, 6.45) is 0.831. The summed E-state index contributed by atoms with van der Waals surface area (Å²) in [4.78, 5) is 69.3. The third-order valence-corrected chi connectivity index (χ3v) is 8.82. The molecule has 3 aliphatic heterocycles. The second kappa shape index (κ2) is 10.9. The molecule has 3 aliphatic rings. The van der Waals surface area contributed by atoms with Crippen molar-refractivity contribution in [2.24, 2.45) is 0 Å². The first kappa shape index (κ1) is 30.1. The molecule has 236 valence electrons. The molecule has 0 bridgehead atoms. The summed E-state index contributed by atoms with van der Waals surface area (Å²) in [5.41, 5.74) is 1.07. The highest BCUT2D eigenvalue weighted by molar-refractivity contribution is 5.94. The number of ketones is 1. The Kier molecular flexibility index (Phi) is 7.31. The molecule has 0 aliphatic carbocycles. The van der Waals surface area contributed by atoms with Crippen molar-refractivity contribution in [2.45, 2.75) is 45.0 Å². The van der Waals surface area contributed by atoms with Crippen LogP contribution in [-0.4, -0.2) is 97.4 Å². The average molecular weight is 617 g/mol. The van der Waals surface area contributed by atoms with Crippen molar-refractivity contribution in [3.05, 3.63) is 91.8 Å². The van der Waals surface area contributed by atoms with Gasteiger partial charge in [-0.3, -0.25) is 14.5 Å². The number of carbonyl (C=O) groups is 3. The molecule has 6 rings (SSSR count). The molecule has 0 radical (unpaired) electrons. The Morgan fingerprint density at radius 3 is 2.38 bits per heavy atom. The number of carboxylic acid groups (broad SMARTS) is 1. The van der Waals surface area contributed by atoms with E-state index in [9.17, 15) is 29.1 Å². The van der Waals surface area contributed by atoms with Crippen molar-refractivity contribution in [2.75, 3.05) is 40.3 Å². The zero-order chi connectivity index (χ0) is 32.4. The van der Waals surface area contributed by atoms with Gasteiger partial charge in [0.25, 0.3) is 0 Å². The van der Waals surface area contributed by atoms with Crippen LogP contribution in [0.2, 0.25) is 0 Å². The molecule has 2 atom stereocenters. The zero-order valence-corrected chi connectivity index (χ0v) is 25.9. The summed E-state index contributed by atoms with van der Waals surface area (Å²) < 4.78 is 10.4. The van der Waals surface area contributed by atoms with Crippen LogP contribution >= 0.6 is 0 Å². The Labute approximate surface area is 259 Å². The van der Waals surface area contributed by atoms with Gasteiger partial charge in [0.05, 0.1) is 24.8 Å². The first-order valence-electron chi connectivity index (χ1n) is 14.8. The van der Waals surface area contributed by atoms with Crippen molar-refractivity contribution in [1.29, 1.82) is 0 Å².